The van der Waals surface area contributed by atoms with E-state index < -0.39 is 5.60 Å². The molecule has 0 N–H and O–H groups in total. The lowest BCUT2D eigenvalue weighted by molar-refractivity contribution is 0.0196. The Bertz CT molecular complexity index is 449. The Morgan fingerprint density at radius 2 is 2.00 bits per heavy atom. The summed E-state index contributed by atoms with van der Waals surface area (Å²) in [5.41, 5.74) is 0.718. The zero-order valence-corrected chi connectivity index (χ0v) is 12.6. The minimum atomic E-state index is -0.479. The Balaban J connectivity index is 2.03. The van der Waals surface area contributed by atoms with E-state index in [1.54, 1.807) is 11.9 Å². The molecule has 2 atom stereocenters. The van der Waals surface area contributed by atoms with Gasteiger partial charge in [0.2, 0.25) is 0 Å². The highest BCUT2D eigenvalue weighted by Gasteiger charge is 2.38. The Morgan fingerprint density at radius 1 is 1.40 bits per heavy atom. The maximum Gasteiger partial charge on any atom is 0.410 e. The van der Waals surface area contributed by atoms with Crippen LogP contribution in [0.3, 0.4) is 0 Å². The minimum absolute atomic E-state index is 0.0206. The highest BCUT2D eigenvalue weighted by atomic mass is 16.6. The van der Waals surface area contributed by atoms with Gasteiger partial charge in [0, 0.05) is 7.05 Å². The molecule has 4 nitrogen and oxygen atoms in total. The van der Waals surface area contributed by atoms with Gasteiger partial charge in [0.25, 0.3) is 0 Å². The molecule has 2 rings (SSSR count). The molecule has 0 radical (unpaired) electrons. The van der Waals surface area contributed by atoms with Crippen molar-refractivity contribution in [1.29, 1.82) is 0 Å². The van der Waals surface area contributed by atoms with Crippen molar-refractivity contribution in [2.75, 3.05) is 13.7 Å². The maximum atomic E-state index is 12.2. The van der Waals surface area contributed by atoms with Gasteiger partial charge in [0.05, 0.1) is 12.6 Å². The number of benzene rings is 1. The molecule has 4 heteroatoms. The highest BCUT2D eigenvalue weighted by Crippen LogP contribution is 2.23. The third-order valence-electron chi connectivity index (χ3n) is 3.25. The van der Waals surface area contributed by atoms with Gasteiger partial charge < -0.3 is 14.4 Å². The lowest BCUT2D eigenvalue weighted by atomic mass is 10.0. The summed E-state index contributed by atoms with van der Waals surface area (Å²) in [4.78, 5) is 13.8. The minimum Gasteiger partial charge on any atom is -0.444 e. The molecule has 1 heterocycles. The van der Waals surface area contributed by atoms with Crippen molar-refractivity contribution in [3.8, 4) is 0 Å². The summed E-state index contributed by atoms with van der Waals surface area (Å²) in [6.45, 7) is 6.33. The summed E-state index contributed by atoms with van der Waals surface area (Å²) in [7, 11) is 1.78. The van der Waals surface area contributed by atoms with Crippen LogP contribution in [-0.4, -0.2) is 42.4 Å². The Labute approximate surface area is 120 Å². The van der Waals surface area contributed by atoms with Crippen molar-refractivity contribution in [1.82, 2.24) is 4.90 Å². The summed E-state index contributed by atoms with van der Waals surface area (Å²) in [6.07, 6.45) is 0.600. The number of amides is 1. The van der Waals surface area contributed by atoms with E-state index in [0.29, 0.717) is 6.61 Å². The predicted molar refractivity (Wildman–Crippen MR) is 77.7 cm³/mol. The van der Waals surface area contributed by atoms with E-state index in [2.05, 4.69) is 12.1 Å². The van der Waals surface area contributed by atoms with Gasteiger partial charge in [0.15, 0.2) is 0 Å². The first-order chi connectivity index (χ1) is 9.37. The van der Waals surface area contributed by atoms with E-state index >= 15 is 0 Å². The average molecular weight is 277 g/mol. The molecule has 0 aliphatic carbocycles. The SMILES string of the molecule is CN(C(=O)OC(C)(C)C)[C@@H](Cc1ccccc1)[C@H]1CO1. The fraction of sp³-hybridized carbons (Fsp3) is 0.562. The topological polar surface area (TPSA) is 42.1 Å². The normalized spacial score (nSPS) is 19.3. The second kappa shape index (κ2) is 5.83. The lowest BCUT2D eigenvalue weighted by Crippen LogP contribution is -2.44. The van der Waals surface area contributed by atoms with Gasteiger partial charge in [-0.15, -0.1) is 0 Å². The Morgan fingerprint density at radius 3 is 2.50 bits per heavy atom. The number of rotatable bonds is 4. The van der Waals surface area contributed by atoms with Crippen LogP contribution in [0.1, 0.15) is 26.3 Å². The van der Waals surface area contributed by atoms with Gasteiger partial charge >= 0.3 is 6.09 Å². The number of hydrogen-bond donors (Lipinski definition) is 0. The monoisotopic (exact) mass is 277 g/mol. The zero-order chi connectivity index (χ0) is 14.8. The van der Waals surface area contributed by atoms with E-state index in [0.717, 1.165) is 6.42 Å². The molecule has 1 aliphatic heterocycles. The molecule has 1 amide bonds. The number of carbonyl (C=O) groups is 1. The van der Waals surface area contributed by atoms with Gasteiger partial charge in [0.1, 0.15) is 11.7 Å². The van der Waals surface area contributed by atoms with Gasteiger partial charge in [-0.25, -0.2) is 4.79 Å². The summed E-state index contributed by atoms with van der Waals surface area (Å²) in [5, 5.41) is 0. The number of epoxide rings is 1. The van der Waals surface area contributed by atoms with Crippen LogP contribution in [0.25, 0.3) is 0 Å². The molecule has 1 aromatic rings. The van der Waals surface area contributed by atoms with E-state index in [4.69, 9.17) is 9.47 Å². The Kier molecular flexibility index (Phi) is 4.33. The summed E-state index contributed by atoms with van der Waals surface area (Å²) < 4.78 is 10.8. The van der Waals surface area contributed by atoms with Crippen molar-refractivity contribution in [3.05, 3.63) is 35.9 Å². The number of carbonyl (C=O) groups excluding carboxylic acids is 1. The lowest BCUT2D eigenvalue weighted by Gasteiger charge is -2.30. The van der Waals surface area contributed by atoms with E-state index in [-0.39, 0.29) is 18.2 Å². The molecule has 1 saturated heterocycles. The molecule has 1 fully saturated rings. The smallest absolute Gasteiger partial charge is 0.410 e. The van der Waals surface area contributed by atoms with Crippen LogP contribution < -0.4 is 0 Å². The first-order valence-electron chi connectivity index (χ1n) is 6.98. The first-order valence-corrected chi connectivity index (χ1v) is 6.98. The predicted octanol–water partition coefficient (Wildman–Crippen LogP) is 2.86. The molecule has 20 heavy (non-hydrogen) atoms. The van der Waals surface area contributed by atoms with Crippen LogP contribution in [0.2, 0.25) is 0 Å². The zero-order valence-electron chi connectivity index (χ0n) is 12.6. The fourth-order valence-electron chi connectivity index (χ4n) is 2.12. The van der Waals surface area contributed by atoms with Crippen molar-refractivity contribution in [2.24, 2.45) is 0 Å². The molecule has 0 spiro atoms. The molecular weight excluding hydrogens is 254 g/mol. The third-order valence-corrected chi connectivity index (χ3v) is 3.25. The summed E-state index contributed by atoms with van der Waals surface area (Å²) in [6, 6.07) is 10.2. The second-order valence-corrected chi connectivity index (χ2v) is 6.22. The van der Waals surface area contributed by atoms with Crippen LogP contribution in [0.4, 0.5) is 4.79 Å². The molecule has 1 aromatic carbocycles. The average Bonchev–Trinajstić information content (AvgIpc) is 3.18. The molecule has 0 saturated carbocycles. The first kappa shape index (κ1) is 14.9. The second-order valence-electron chi connectivity index (χ2n) is 6.22. The maximum absolute atomic E-state index is 12.2. The van der Waals surface area contributed by atoms with E-state index in [1.807, 2.05) is 39.0 Å². The fourth-order valence-corrected chi connectivity index (χ4v) is 2.12. The van der Waals surface area contributed by atoms with Gasteiger partial charge in [-0.05, 0) is 32.8 Å². The van der Waals surface area contributed by atoms with Crippen molar-refractivity contribution in [2.45, 2.75) is 44.9 Å². The van der Waals surface area contributed by atoms with Crippen LogP contribution in [0, 0.1) is 0 Å². The number of nitrogens with zero attached hydrogens (tertiary/aromatic N) is 1. The van der Waals surface area contributed by atoms with Crippen molar-refractivity contribution in [3.63, 3.8) is 0 Å². The molecule has 110 valence electrons. The molecule has 1 aliphatic rings. The van der Waals surface area contributed by atoms with E-state index in [9.17, 15) is 4.79 Å². The van der Waals surface area contributed by atoms with Gasteiger partial charge in [-0.1, -0.05) is 30.3 Å². The number of likely N-dealkylation sites (N-methyl/N-ethyl adjacent to an activating group) is 1. The van der Waals surface area contributed by atoms with Gasteiger partial charge in [-0.2, -0.15) is 0 Å². The number of ether oxygens (including phenoxy) is 2. The molecule has 0 unspecified atom stereocenters. The largest absolute Gasteiger partial charge is 0.444 e. The summed E-state index contributed by atoms with van der Waals surface area (Å²) >= 11 is 0. The van der Waals surface area contributed by atoms with E-state index in [1.165, 1.54) is 5.56 Å². The highest BCUT2D eigenvalue weighted by molar-refractivity contribution is 5.68. The molecule has 0 aromatic heterocycles. The van der Waals surface area contributed by atoms with Crippen LogP contribution >= 0.6 is 0 Å². The van der Waals surface area contributed by atoms with Crippen LogP contribution in [-0.2, 0) is 15.9 Å². The quantitative estimate of drug-likeness (QED) is 0.795. The van der Waals surface area contributed by atoms with Gasteiger partial charge in [-0.3, -0.25) is 0 Å². The molecular formula is C16H23NO3. The standard InChI is InChI=1S/C16H23NO3/c1-16(2,3)20-15(18)17(4)13(14-11-19-14)10-12-8-6-5-7-9-12/h5-9,13-14H,10-11H2,1-4H3/t13-,14+/m0/s1. The van der Waals surface area contributed by atoms with Crippen molar-refractivity contribution < 1.29 is 14.3 Å². The summed E-state index contributed by atoms with van der Waals surface area (Å²) in [5.74, 6) is 0. The van der Waals surface area contributed by atoms with Crippen LogP contribution in [0.15, 0.2) is 30.3 Å². The third kappa shape index (κ3) is 4.23. The van der Waals surface area contributed by atoms with Crippen LogP contribution in [0.5, 0.6) is 0 Å². The Hall–Kier alpha value is -1.55. The molecule has 0 bridgehead atoms. The van der Waals surface area contributed by atoms with Crippen molar-refractivity contribution >= 4 is 6.09 Å². The number of hydrogen-bond acceptors (Lipinski definition) is 3.